The van der Waals surface area contributed by atoms with Crippen LogP contribution in [0, 0.1) is 11.3 Å². The third-order valence-corrected chi connectivity index (χ3v) is 2.05. The molecular formula is C10H9NO. The van der Waals surface area contributed by atoms with E-state index in [9.17, 15) is 0 Å². The van der Waals surface area contributed by atoms with Gasteiger partial charge < -0.3 is 4.74 Å². The Balaban J connectivity index is 2.53. The molecule has 1 aromatic rings. The molecule has 60 valence electrons. The first-order valence-corrected chi connectivity index (χ1v) is 4.06. The fourth-order valence-corrected chi connectivity index (χ4v) is 1.48. The van der Waals surface area contributed by atoms with Crippen LogP contribution in [0.15, 0.2) is 18.2 Å². The molecule has 0 radical (unpaired) electrons. The average molecular weight is 159 g/mol. The molecule has 0 saturated heterocycles. The van der Waals surface area contributed by atoms with Crippen molar-refractivity contribution in [2.75, 3.05) is 6.61 Å². The van der Waals surface area contributed by atoms with Crippen molar-refractivity contribution in [3.05, 3.63) is 29.3 Å². The molecule has 0 atom stereocenters. The summed E-state index contributed by atoms with van der Waals surface area (Å²) in [5, 5.41) is 8.76. The number of hydrogen-bond acceptors (Lipinski definition) is 2. The van der Waals surface area contributed by atoms with Crippen LogP contribution in [0.2, 0.25) is 0 Å². The van der Waals surface area contributed by atoms with Gasteiger partial charge in [0, 0.05) is 0 Å². The van der Waals surface area contributed by atoms with Gasteiger partial charge in [-0.05, 0) is 24.5 Å². The Morgan fingerprint density at radius 1 is 1.42 bits per heavy atom. The zero-order valence-corrected chi connectivity index (χ0v) is 6.71. The lowest BCUT2D eigenvalue weighted by molar-refractivity contribution is 0.287. The van der Waals surface area contributed by atoms with E-state index in [1.54, 1.807) is 6.07 Å². The fourth-order valence-electron chi connectivity index (χ4n) is 1.48. The number of nitriles is 1. The summed E-state index contributed by atoms with van der Waals surface area (Å²) in [4.78, 5) is 0. The summed E-state index contributed by atoms with van der Waals surface area (Å²) in [6.45, 7) is 0.742. The second-order valence-corrected chi connectivity index (χ2v) is 2.86. The van der Waals surface area contributed by atoms with Gasteiger partial charge in [0.15, 0.2) is 0 Å². The van der Waals surface area contributed by atoms with Crippen molar-refractivity contribution in [1.82, 2.24) is 0 Å². The number of aryl methyl sites for hydroxylation is 1. The normalized spacial score (nSPS) is 14.2. The molecule has 2 rings (SSSR count). The van der Waals surface area contributed by atoms with Gasteiger partial charge in [-0.25, -0.2) is 0 Å². The van der Waals surface area contributed by atoms with Crippen molar-refractivity contribution in [2.24, 2.45) is 0 Å². The van der Waals surface area contributed by atoms with Gasteiger partial charge in [-0.3, -0.25) is 0 Å². The minimum atomic E-state index is 0.659. The maximum atomic E-state index is 8.76. The van der Waals surface area contributed by atoms with E-state index in [0.717, 1.165) is 25.2 Å². The molecule has 0 bridgehead atoms. The third-order valence-electron chi connectivity index (χ3n) is 2.05. The molecule has 1 aliphatic heterocycles. The number of rotatable bonds is 0. The van der Waals surface area contributed by atoms with E-state index in [0.29, 0.717) is 5.56 Å². The molecule has 2 heteroatoms. The topological polar surface area (TPSA) is 33.0 Å². The highest BCUT2D eigenvalue weighted by atomic mass is 16.5. The Kier molecular flexibility index (Phi) is 1.71. The van der Waals surface area contributed by atoms with Gasteiger partial charge in [-0.2, -0.15) is 5.26 Å². The summed E-state index contributed by atoms with van der Waals surface area (Å²) >= 11 is 0. The van der Waals surface area contributed by atoms with E-state index in [-0.39, 0.29) is 0 Å². The second-order valence-electron chi connectivity index (χ2n) is 2.86. The monoisotopic (exact) mass is 159 g/mol. The number of para-hydroxylation sites is 1. The van der Waals surface area contributed by atoms with E-state index < -0.39 is 0 Å². The van der Waals surface area contributed by atoms with Crippen LogP contribution in [0.5, 0.6) is 5.75 Å². The third kappa shape index (κ3) is 1.04. The summed E-state index contributed by atoms with van der Waals surface area (Å²) in [7, 11) is 0. The molecule has 0 saturated carbocycles. The predicted molar refractivity (Wildman–Crippen MR) is 45.0 cm³/mol. The number of ether oxygens (including phenoxy) is 1. The highest BCUT2D eigenvalue weighted by Crippen LogP contribution is 2.27. The molecule has 0 N–H and O–H groups in total. The fraction of sp³-hybridized carbons (Fsp3) is 0.300. The van der Waals surface area contributed by atoms with Gasteiger partial charge in [0.1, 0.15) is 11.8 Å². The first-order chi connectivity index (χ1) is 5.92. The summed E-state index contributed by atoms with van der Waals surface area (Å²) < 4.78 is 5.42. The van der Waals surface area contributed by atoms with E-state index in [1.165, 1.54) is 5.56 Å². The van der Waals surface area contributed by atoms with Crippen LogP contribution in [0.3, 0.4) is 0 Å². The Morgan fingerprint density at radius 3 is 3.17 bits per heavy atom. The standard InChI is InChI=1S/C10H9NO/c11-7-9-4-1-3-8-5-2-6-12-10(8)9/h1,3-4H,2,5-6H2. The van der Waals surface area contributed by atoms with Gasteiger partial charge in [0.2, 0.25) is 0 Å². The number of hydrogen-bond donors (Lipinski definition) is 0. The summed E-state index contributed by atoms with van der Waals surface area (Å²) in [6, 6.07) is 7.86. The summed E-state index contributed by atoms with van der Waals surface area (Å²) in [5.41, 5.74) is 1.83. The maximum Gasteiger partial charge on any atom is 0.140 e. The minimum Gasteiger partial charge on any atom is -0.492 e. The molecule has 0 aromatic heterocycles. The van der Waals surface area contributed by atoms with Crippen LogP contribution in [0.1, 0.15) is 17.5 Å². The number of fused-ring (bicyclic) bond motifs is 1. The van der Waals surface area contributed by atoms with Crippen LogP contribution in [-0.4, -0.2) is 6.61 Å². The van der Waals surface area contributed by atoms with Crippen molar-refractivity contribution in [3.8, 4) is 11.8 Å². The lowest BCUT2D eigenvalue weighted by Crippen LogP contribution is -2.09. The van der Waals surface area contributed by atoms with Crippen molar-refractivity contribution >= 4 is 0 Å². The quantitative estimate of drug-likeness (QED) is 0.579. The molecule has 0 aliphatic carbocycles. The number of nitrogens with zero attached hydrogens (tertiary/aromatic N) is 1. The zero-order valence-electron chi connectivity index (χ0n) is 6.71. The van der Waals surface area contributed by atoms with E-state index in [2.05, 4.69) is 6.07 Å². The average Bonchev–Trinajstić information content (AvgIpc) is 2.17. The highest BCUT2D eigenvalue weighted by Gasteiger charge is 2.13. The summed E-state index contributed by atoms with van der Waals surface area (Å²) in [5.74, 6) is 0.797. The van der Waals surface area contributed by atoms with Gasteiger partial charge >= 0.3 is 0 Å². The van der Waals surface area contributed by atoms with Crippen molar-refractivity contribution in [1.29, 1.82) is 5.26 Å². The molecule has 1 heterocycles. The van der Waals surface area contributed by atoms with Crippen molar-refractivity contribution in [2.45, 2.75) is 12.8 Å². The van der Waals surface area contributed by atoms with E-state index in [1.807, 2.05) is 12.1 Å². The first-order valence-electron chi connectivity index (χ1n) is 4.06. The predicted octanol–water partition coefficient (Wildman–Crippen LogP) is 1.88. The molecular weight excluding hydrogens is 150 g/mol. The lowest BCUT2D eigenvalue weighted by Gasteiger charge is -2.17. The van der Waals surface area contributed by atoms with Crippen LogP contribution < -0.4 is 4.74 Å². The first kappa shape index (κ1) is 7.17. The Labute approximate surface area is 71.4 Å². The molecule has 0 spiro atoms. The van der Waals surface area contributed by atoms with Gasteiger partial charge in [0.25, 0.3) is 0 Å². The largest absolute Gasteiger partial charge is 0.492 e. The Morgan fingerprint density at radius 2 is 2.33 bits per heavy atom. The van der Waals surface area contributed by atoms with Crippen LogP contribution in [0.25, 0.3) is 0 Å². The smallest absolute Gasteiger partial charge is 0.140 e. The molecule has 0 fully saturated rings. The molecule has 1 aromatic carbocycles. The second kappa shape index (κ2) is 2.86. The van der Waals surface area contributed by atoms with E-state index in [4.69, 9.17) is 10.00 Å². The Bertz CT molecular complexity index is 338. The van der Waals surface area contributed by atoms with Crippen LogP contribution >= 0.6 is 0 Å². The molecule has 1 aliphatic rings. The van der Waals surface area contributed by atoms with Crippen LogP contribution in [-0.2, 0) is 6.42 Å². The SMILES string of the molecule is N#Cc1cccc2c1OCCC2. The lowest BCUT2D eigenvalue weighted by atomic mass is 10.0. The maximum absolute atomic E-state index is 8.76. The zero-order chi connectivity index (χ0) is 8.39. The van der Waals surface area contributed by atoms with Gasteiger partial charge in [0.05, 0.1) is 12.2 Å². The summed E-state index contributed by atoms with van der Waals surface area (Å²) in [6.07, 6.45) is 2.09. The van der Waals surface area contributed by atoms with Crippen LogP contribution in [0.4, 0.5) is 0 Å². The van der Waals surface area contributed by atoms with Gasteiger partial charge in [-0.1, -0.05) is 12.1 Å². The van der Waals surface area contributed by atoms with Crippen molar-refractivity contribution < 1.29 is 4.74 Å². The molecule has 0 amide bonds. The van der Waals surface area contributed by atoms with Gasteiger partial charge in [-0.15, -0.1) is 0 Å². The van der Waals surface area contributed by atoms with E-state index >= 15 is 0 Å². The molecule has 2 nitrogen and oxygen atoms in total. The molecule has 0 unspecified atom stereocenters. The van der Waals surface area contributed by atoms with Crippen molar-refractivity contribution in [3.63, 3.8) is 0 Å². The highest BCUT2D eigenvalue weighted by molar-refractivity contribution is 5.49. The molecule has 12 heavy (non-hydrogen) atoms. The number of benzene rings is 1. The minimum absolute atomic E-state index is 0.659. The Hall–Kier alpha value is -1.49.